The lowest BCUT2D eigenvalue weighted by molar-refractivity contribution is -0.133. The molecule has 1 heterocycles. The summed E-state index contributed by atoms with van der Waals surface area (Å²) in [6.45, 7) is 15.7. The van der Waals surface area contributed by atoms with Gasteiger partial charge in [-0.25, -0.2) is 0 Å². The number of hydrogen-bond donors (Lipinski definition) is 1. The van der Waals surface area contributed by atoms with E-state index >= 15 is 0 Å². The summed E-state index contributed by atoms with van der Waals surface area (Å²) in [5, 5.41) is 2.82. The number of carbonyl (C=O) groups excluding carboxylic acids is 2. The van der Waals surface area contributed by atoms with Gasteiger partial charge in [0.05, 0.1) is 6.54 Å². The number of amides is 2. The Hall–Kier alpha value is -1.14. The molecule has 0 aromatic heterocycles. The number of nitrogens with zero attached hydrogens (tertiary/aromatic N) is 3. The Kier molecular flexibility index (Phi) is 10.4. The topological polar surface area (TPSA) is 55.9 Å². The molecule has 6 nitrogen and oxygen atoms in total. The zero-order chi connectivity index (χ0) is 21.2. The molecule has 2 rings (SSSR count). The van der Waals surface area contributed by atoms with Crippen molar-refractivity contribution < 1.29 is 9.59 Å². The third kappa shape index (κ3) is 9.04. The van der Waals surface area contributed by atoms with Crippen molar-refractivity contribution in [2.24, 2.45) is 5.92 Å². The molecule has 1 saturated carbocycles. The van der Waals surface area contributed by atoms with Crippen LogP contribution < -0.4 is 5.32 Å². The molecule has 0 aromatic carbocycles. The fraction of sp³-hybridized carbons (Fsp3) is 0.913. The van der Waals surface area contributed by atoms with E-state index in [-0.39, 0.29) is 18.4 Å². The summed E-state index contributed by atoms with van der Waals surface area (Å²) in [7, 11) is 0. The summed E-state index contributed by atoms with van der Waals surface area (Å²) in [6.07, 6.45) is 7.02. The van der Waals surface area contributed by atoms with Crippen molar-refractivity contribution in [1.82, 2.24) is 20.0 Å². The highest BCUT2D eigenvalue weighted by Gasteiger charge is 2.32. The zero-order valence-corrected chi connectivity index (χ0v) is 19.3. The van der Waals surface area contributed by atoms with Gasteiger partial charge in [-0.15, -0.1) is 0 Å². The molecule has 0 spiro atoms. The molecular weight excluding hydrogens is 364 g/mol. The van der Waals surface area contributed by atoms with E-state index in [0.717, 1.165) is 51.7 Å². The van der Waals surface area contributed by atoms with Gasteiger partial charge in [0, 0.05) is 51.2 Å². The van der Waals surface area contributed by atoms with Crippen molar-refractivity contribution in [2.45, 2.75) is 84.7 Å². The monoisotopic (exact) mass is 408 g/mol. The molecule has 0 aromatic rings. The average molecular weight is 409 g/mol. The first-order chi connectivity index (χ1) is 13.9. The van der Waals surface area contributed by atoms with Gasteiger partial charge in [-0.1, -0.05) is 20.8 Å². The number of nitrogens with one attached hydrogen (secondary N) is 1. The second-order valence-corrected chi connectivity index (χ2v) is 9.40. The normalized spacial score (nSPS) is 19.3. The van der Waals surface area contributed by atoms with Crippen LogP contribution in [0, 0.1) is 5.92 Å². The van der Waals surface area contributed by atoms with Gasteiger partial charge in [0.1, 0.15) is 0 Å². The molecule has 1 aliphatic heterocycles. The third-order valence-corrected chi connectivity index (χ3v) is 6.28. The van der Waals surface area contributed by atoms with Crippen LogP contribution in [0.1, 0.15) is 72.6 Å². The highest BCUT2D eigenvalue weighted by molar-refractivity contribution is 5.85. The van der Waals surface area contributed by atoms with E-state index in [1.54, 1.807) is 0 Å². The van der Waals surface area contributed by atoms with Gasteiger partial charge in [0.25, 0.3) is 0 Å². The third-order valence-electron chi connectivity index (χ3n) is 6.28. The summed E-state index contributed by atoms with van der Waals surface area (Å²) in [4.78, 5) is 31.7. The summed E-state index contributed by atoms with van der Waals surface area (Å²) >= 11 is 0. The lowest BCUT2D eigenvalue weighted by Crippen LogP contribution is -2.49. The SMILES string of the molecule is CCCN1CCN([C@@H](C)CCCN(C(=O)CNC(=O)CCC(C)C)C2CC2)CC1. The van der Waals surface area contributed by atoms with Gasteiger partial charge in [-0.2, -0.15) is 0 Å². The summed E-state index contributed by atoms with van der Waals surface area (Å²) in [5.74, 6) is 0.598. The molecule has 2 fully saturated rings. The Labute approximate surface area is 178 Å². The van der Waals surface area contributed by atoms with Gasteiger partial charge in [-0.3, -0.25) is 14.5 Å². The molecule has 1 N–H and O–H groups in total. The molecule has 0 bridgehead atoms. The first-order valence-corrected chi connectivity index (χ1v) is 11.9. The first-order valence-electron chi connectivity index (χ1n) is 11.9. The molecule has 168 valence electrons. The predicted molar refractivity (Wildman–Crippen MR) is 119 cm³/mol. The maximum atomic E-state index is 12.6. The van der Waals surface area contributed by atoms with E-state index < -0.39 is 0 Å². The van der Waals surface area contributed by atoms with Crippen molar-refractivity contribution >= 4 is 11.8 Å². The van der Waals surface area contributed by atoms with Crippen LogP contribution in [0.15, 0.2) is 0 Å². The Bertz CT molecular complexity index is 499. The maximum absolute atomic E-state index is 12.6. The van der Waals surface area contributed by atoms with Crippen LogP contribution in [0.5, 0.6) is 0 Å². The Morgan fingerprint density at radius 3 is 2.34 bits per heavy atom. The molecule has 6 heteroatoms. The van der Waals surface area contributed by atoms with Crippen LogP contribution in [-0.2, 0) is 9.59 Å². The van der Waals surface area contributed by atoms with Gasteiger partial charge in [-0.05, 0) is 57.9 Å². The predicted octanol–water partition coefficient (Wildman–Crippen LogP) is 2.73. The minimum atomic E-state index is -0.00126. The zero-order valence-electron chi connectivity index (χ0n) is 19.3. The lowest BCUT2D eigenvalue weighted by Gasteiger charge is -2.38. The Morgan fingerprint density at radius 2 is 1.76 bits per heavy atom. The van der Waals surface area contributed by atoms with Crippen molar-refractivity contribution in [3.8, 4) is 0 Å². The molecule has 0 unspecified atom stereocenters. The molecule has 1 atom stereocenters. The fourth-order valence-electron chi connectivity index (χ4n) is 4.16. The van der Waals surface area contributed by atoms with Gasteiger partial charge >= 0.3 is 0 Å². The van der Waals surface area contributed by atoms with E-state index in [1.165, 1.54) is 26.1 Å². The molecule has 2 amide bonds. The molecule has 1 saturated heterocycles. The molecule has 2 aliphatic rings. The number of carbonyl (C=O) groups is 2. The average Bonchev–Trinajstić information content (AvgIpc) is 3.53. The van der Waals surface area contributed by atoms with Gasteiger partial charge in [0.2, 0.25) is 11.8 Å². The minimum absolute atomic E-state index is 0.00126. The maximum Gasteiger partial charge on any atom is 0.242 e. The number of rotatable bonds is 13. The van der Waals surface area contributed by atoms with Crippen molar-refractivity contribution in [3.05, 3.63) is 0 Å². The molecule has 29 heavy (non-hydrogen) atoms. The standard InChI is InChI=1S/C23H44N4O2/c1-5-12-25-14-16-26(17-15-25)20(4)7-6-13-27(21-9-10-21)23(29)18-24-22(28)11-8-19(2)3/h19-21H,5-18H2,1-4H3,(H,24,28)/t20-/m0/s1. The van der Waals surface area contributed by atoms with Crippen LogP contribution in [0.2, 0.25) is 0 Å². The highest BCUT2D eigenvalue weighted by atomic mass is 16.2. The van der Waals surface area contributed by atoms with Gasteiger partial charge < -0.3 is 15.1 Å². The van der Waals surface area contributed by atoms with Crippen LogP contribution in [0.3, 0.4) is 0 Å². The lowest BCUT2D eigenvalue weighted by atomic mass is 10.1. The van der Waals surface area contributed by atoms with Gasteiger partial charge in [0.15, 0.2) is 0 Å². The van der Waals surface area contributed by atoms with E-state index in [4.69, 9.17) is 0 Å². The quantitative estimate of drug-likeness (QED) is 0.509. The smallest absolute Gasteiger partial charge is 0.242 e. The minimum Gasteiger partial charge on any atom is -0.347 e. The molecular formula is C23H44N4O2. The van der Waals surface area contributed by atoms with E-state index in [2.05, 4.69) is 42.8 Å². The summed E-state index contributed by atoms with van der Waals surface area (Å²) in [5.41, 5.74) is 0. The highest BCUT2D eigenvalue weighted by Crippen LogP contribution is 2.27. The Balaban J connectivity index is 1.66. The number of hydrogen-bond acceptors (Lipinski definition) is 4. The van der Waals surface area contributed by atoms with E-state index in [9.17, 15) is 9.59 Å². The van der Waals surface area contributed by atoms with Crippen molar-refractivity contribution in [1.29, 1.82) is 0 Å². The van der Waals surface area contributed by atoms with E-state index in [0.29, 0.717) is 24.4 Å². The summed E-state index contributed by atoms with van der Waals surface area (Å²) < 4.78 is 0. The fourth-order valence-corrected chi connectivity index (χ4v) is 4.16. The Morgan fingerprint density at radius 1 is 1.07 bits per heavy atom. The van der Waals surface area contributed by atoms with Crippen LogP contribution in [-0.4, -0.2) is 84.4 Å². The second kappa shape index (κ2) is 12.5. The van der Waals surface area contributed by atoms with Crippen LogP contribution in [0.4, 0.5) is 0 Å². The van der Waals surface area contributed by atoms with Crippen LogP contribution >= 0.6 is 0 Å². The van der Waals surface area contributed by atoms with Crippen molar-refractivity contribution in [3.63, 3.8) is 0 Å². The first kappa shape index (κ1) is 24.1. The second-order valence-electron chi connectivity index (χ2n) is 9.40. The largest absolute Gasteiger partial charge is 0.347 e. The number of piperazine rings is 1. The molecule has 0 radical (unpaired) electrons. The van der Waals surface area contributed by atoms with E-state index in [1.807, 2.05) is 4.90 Å². The van der Waals surface area contributed by atoms with Crippen molar-refractivity contribution in [2.75, 3.05) is 45.8 Å². The molecule has 1 aliphatic carbocycles. The summed E-state index contributed by atoms with van der Waals surface area (Å²) in [6, 6.07) is 0.980. The van der Waals surface area contributed by atoms with Crippen LogP contribution in [0.25, 0.3) is 0 Å².